The van der Waals surface area contributed by atoms with Gasteiger partial charge in [-0.15, -0.1) is 0 Å². The van der Waals surface area contributed by atoms with Crippen LogP contribution in [0.1, 0.15) is 39.0 Å². The van der Waals surface area contributed by atoms with E-state index < -0.39 is 0 Å². The molecule has 2 rings (SSSR count). The molecule has 0 aromatic carbocycles. The minimum atomic E-state index is 0.105. The van der Waals surface area contributed by atoms with E-state index in [2.05, 4.69) is 12.2 Å². The van der Waals surface area contributed by atoms with E-state index in [4.69, 9.17) is 4.74 Å². The summed E-state index contributed by atoms with van der Waals surface area (Å²) in [5.74, 6) is 0. The Balaban J connectivity index is 1.84. The molecule has 0 bridgehead atoms. The third-order valence-electron chi connectivity index (χ3n) is 3.55. The van der Waals surface area contributed by atoms with Crippen molar-refractivity contribution in [1.82, 2.24) is 10.2 Å². The largest absolute Gasteiger partial charge is 0.374 e. The molecule has 1 N–H and O–H groups in total. The Hall–Kier alpha value is -0.770. The first-order valence-corrected chi connectivity index (χ1v) is 6.49. The quantitative estimate of drug-likeness (QED) is 0.745. The maximum Gasteiger partial charge on any atom is 0.317 e. The molecular weight excluding hydrogens is 204 g/mol. The highest BCUT2D eigenvalue weighted by atomic mass is 16.5. The van der Waals surface area contributed by atoms with Gasteiger partial charge < -0.3 is 15.0 Å². The summed E-state index contributed by atoms with van der Waals surface area (Å²) in [7, 11) is 0. The van der Waals surface area contributed by atoms with E-state index in [0.717, 1.165) is 38.8 Å². The molecule has 0 aromatic heterocycles. The van der Waals surface area contributed by atoms with Gasteiger partial charge in [0, 0.05) is 13.1 Å². The number of amides is 2. The molecule has 1 aliphatic carbocycles. The summed E-state index contributed by atoms with van der Waals surface area (Å²) in [6, 6.07) is 0.434. The second-order valence-corrected chi connectivity index (χ2v) is 4.69. The standard InChI is InChI=1S/C12H22N2O2/c1-2-3-7-13-12(15)14-8-9-16-11-6-4-5-10(11)14/h10-11H,2-9H2,1H3,(H,13,15). The van der Waals surface area contributed by atoms with Crippen LogP contribution in [0.5, 0.6) is 0 Å². The molecule has 2 aliphatic rings. The normalized spacial score (nSPS) is 28.9. The number of nitrogens with one attached hydrogen (secondary N) is 1. The van der Waals surface area contributed by atoms with Crippen molar-refractivity contribution in [2.24, 2.45) is 0 Å². The third-order valence-corrected chi connectivity index (χ3v) is 3.55. The highest BCUT2D eigenvalue weighted by Gasteiger charge is 2.38. The second kappa shape index (κ2) is 5.53. The first kappa shape index (κ1) is 11.7. The molecular formula is C12H22N2O2. The van der Waals surface area contributed by atoms with Gasteiger partial charge in [0.05, 0.1) is 18.8 Å². The molecule has 2 amide bonds. The Morgan fingerprint density at radius 2 is 2.38 bits per heavy atom. The van der Waals surface area contributed by atoms with E-state index in [9.17, 15) is 4.79 Å². The summed E-state index contributed by atoms with van der Waals surface area (Å²) in [4.78, 5) is 14.0. The number of morpholine rings is 1. The minimum Gasteiger partial charge on any atom is -0.374 e. The molecule has 1 saturated heterocycles. The number of hydrogen-bond donors (Lipinski definition) is 1. The first-order valence-electron chi connectivity index (χ1n) is 6.49. The van der Waals surface area contributed by atoms with E-state index in [1.807, 2.05) is 4.90 Å². The van der Waals surface area contributed by atoms with Crippen molar-refractivity contribution < 1.29 is 9.53 Å². The number of carbonyl (C=O) groups excluding carboxylic acids is 1. The zero-order valence-corrected chi connectivity index (χ0v) is 10.1. The highest BCUT2D eigenvalue weighted by Crippen LogP contribution is 2.29. The summed E-state index contributed by atoms with van der Waals surface area (Å²) in [6.07, 6.45) is 5.88. The topological polar surface area (TPSA) is 41.6 Å². The van der Waals surface area contributed by atoms with Crippen molar-refractivity contribution in [3.63, 3.8) is 0 Å². The molecule has 1 heterocycles. The SMILES string of the molecule is CCCCNC(=O)N1CCOC2CCCC21. The Labute approximate surface area is 97.3 Å². The molecule has 0 aromatic rings. The van der Waals surface area contributed by atoms with Gasteiger partial charge in [-0.05, 0) is 25.7 Å². The van der Waals surface area contributed by atoms with Gasteiger partial charge in [0.15, 0.2) is 0 Å². The zero-order chi connectivity index (χ0) is 11.4. The van der Waals surface area contributed by atoms with Gasteiger partial charge in [0.25, 0.3) is 0 Å². The molecule has 1 aliphatic heterocycles. The smallest absolute Gasteiger partial charge is 0.317 e. The zero-order valence-electron chi connectivity index (χ0n) is 10.1. The molecule has 92 valence electrons. The van der Waals surface area contributed by atoms with Gasteiger partial charge in [0.1, 0.15) is 0 Å². The Bertz CT molecular complexity index is 245. The number of nitrogens with zero attached hydrogens (tertiary/aromatic N) is 1. The van der Waals surface area contributed by atoms with E-state index in [1.54, 1.807) is 0 Å². The minimum absolute atomic E-state index is 0.105. The molecule has 0 radical (unpaired) electrons. The lowest BCUT2D eigenvalue weighted by atomic mass is 10.1. The van der Waals surface area contributed by atoms with E-state index in [-0.39, 0.29) is 6.03 Å². The Morgan fingerprint density at radius 3 is 3.19 bits per heavy atom. The first-order chi connectivity index (χ1) is 7.83. The van der Waals surface area contributed by atoms with E-state index >= 15 is 0 Å². The van der Waals surface area contributed by atoms with Crippen LogP contribution in [-0.2, 0) is 4.74 Å². The fourth-order valence-corrected chi connectivity index (χ4v) is 2.65. The van der Waals surface area contributed by atoms with Crippen LogP contribution in [0.4, 0.5) is 4.79 Å². The van der Waals surface area contributed by atoms with Crippen molar-refractivity contribution in [3.05, 3.63) is 0 Å². The third kappa shape index (κ3) is 2.48. The summed E-state index contributed by atoms with van der Waals surface area (Å²) in [5.41, 5.74) is 0. The van der Waals surface area contributed by atoms with E-state index in [1.165, 1.54) is 6.42 Å². The summed E-state index contributed by atoms with van der Waals surface area (Å²) in [5, 5.41) is 3.00. The number of hydrogen-bond acceptors (Lipinski definition) is 2. The van der Waals surface area contributed by atoms with Crippen LogP contribution in [0.2, 0.25) is 0 Å². The van der Waals surface area contributed by atoms with Crippen molar-refractivity contribution in [1.29, 1.82) is 0 Å². The lowest BCUT2D eigenvalue weighted by molar-refractivity contribution is -0.0382. The summed E-state index contributed by atoms with van der Waals surface area (Å²) >= 11 is 0. The predicted octanol–water partition coefficient (Wildman–Crippen LogP) is 1.75. The van der Waals surface area contributed by atoms with Gasteiger partial charge >= 0.3 is 6.03 Å². The van der Waals surface area contributed by atoms with Crippen LogP contribution in [0, 0.1) is 0 Å². The van der Waals surface area contributed by atoms with Gasteiger partial charge in [-0.1, -0.05) is 13.3 Å². The number of fused-ring (bicyclic) bond motifs is 1. The van der Waals surface area contributed by atoms with Gasteiger partial charge in [-0.25, -0.2) is 4.79 Å². The molecule has 16 heavy (non-hydrogen) atoms. The number of carbonyl (C=O) groups is 1. The van der Waals surface area contributed by atoms with Crippen molar-refractivity contribution in [2.75, 3.05) is 19.7 Å². The van der Waals surface area contributed by atoms with Gasteiger partial charge in [-0.2, -0.15) is 0 Å². The Kier molecular flexibility index (Phi) is 4.04. The number of rotatable bonds is 3. The molecule has 1 saturated carbocycles. The molecule has 2 atom stereocenters. The van der Waals surface area contributed by atoms with Crippen LogP contribution in [0.25, 0.3) is 0 Å². The van der Waals surface area contributed by atoms with Crippen LogP contribution in [-0.4, -0.2) is 42.8 Å². The predicted molar refractivity (Wildman–Crippen MR) is 62.4 cm³/mol. The molecule has 4 heteroatoms. The van der Waals surface area contributed by atoms with Crippen LogP contribution < -0.4 is 5.32 Å². The molecule has 2 unspecified atom stereocenters. The lowest BCUT2D eigenvalue weighted by Crippen LogP contribution is -2.54. The maximum atomic E-state index is 12.0. The summed E-state index contributed by atoms with van der Waals surface area (Å²) in [6.45, 7) is 4.37. The van der Waals surface area contributed by atoms with Crippen LogP contribution in [0.3, 0.4) is 0 Å². The average molecular weight is 226 g/mol. The fraction of sp³-hybridized carbons (Fsp3) is 0.917. The van der Waals surface area contributed by atoms with Crippen molar-refractivity contribution in [3.8, 4) is 0 Å². The molecule has 2 fully saturated rings. The van der Waals surface area contributed by atoms with Crippen LogP contribution >= 0.6 is 0 Å². The highest BCUT2D eigenvalue weighted by molar-refractivity contribution is 5.74. The number of unbranched alkanes of at least 4 members (excludes halogenated alkanes) is 1. The van der Waals surface area contributed by atoms with Gasteiger partial charge in [-0.3, -0.25) is 0 Å². The molecule has 4 nitrogen and oxygen atoms in total. The Morgan fingerprint density at radius 1 is 1.50 bits per heavy atom. The van der Waals surface area contributed by atoms with Crippen molar-refractivity contribution >= 4 is 6.03 Å². The second-order valence-electron chi connectivity index (χ2n) is 4.69. The monoisotopic (exact) mass is 226 g/mol. The molecule has 0 spiro atoms. The van der Waals surface area contributed by atoms with E-state index in [0.29, 0.717) is 18.8 Å². The number of urea groups is 1. The van der Waals surface area contributed by atoms with Crippen molar-refractivity contribution in [2.45, 2.75) is 51.2 Å². The summed E-state index contributed by atoms with van der Waals surface area (Å²) < 4.78 is 5.69. The lowest BCUT2D eigenvalue weighted by Gasteiger charge is -2.37. The van der Waals surface area contributed by atoms with Gasteiger partial charge in [0.2, 0.25) is 0 Å². The maximum absolute atomic E-state index is 12.0. The number of ether oxygens (including phenoxy) is 1. The average Bonchev–Trinajstić information content (AvgIpc) is 2.76. The fourth-order valence-electron chi connectivity index (χ4n) is 2.65. The van der Waals surface area contributed by atoms with Crippen LogP contribution in [0.15, 0.2) is 0 Å².